The maximum atomic E-state index is 13.3. The van der Waals surface area contributed by atoms with Crippen molar-refractivity contribution in [2.45, 2.75) is 36.9 Å². The smallest absolute Gasteiger partial charge is 0.326 e. The minimum Gasteiger partial charge on any atom is -0.326 e. The Bertz CT molecular complexity index is 1370. The summed E-state index contributed by atoms with van der Waals surface area (Å²) in [6.45, 7) is 1.39. The van der Waals surface area contributed by atoms with E-state index >= 15 is 0 Å². The summed E-state index contributed by atoms with van der Waals surface area (Å²) < 4.78 is 66.9. The molecule has 2 N–H and O–H groups in total. The van der Waals surface area contributed by atoms with Gasteiger partial charge in [0.05, 0.1) is 42.0 Å². The Morgan fingerprint density at radius 3 is 2.61 bits per heavy atom. The Hall–Kier alpha value is -2.28. The van der Waals surface area contributed by atoms with E-state index in [2.05, 4.69) is 9.97 Å². The fourth-order valence-corrected chi connectivity index (χ4v) is 7.59. The number of hydrogen-bond donors (Lipinski definition) is 2. The van der Waals surface area contributed by atoms with Crippen LogP contribution in [0.5, 0.6) is 0 Å². The number of benzene rings is 1. The lowest BCUT2D eigenvalue weighted by Crippen LogP contribution is -3.13. The Morgan fingerprint density at radius 2 is 1.88 bits per heavy atom. The number of rotatable bonds is 4. The molecule has 0 radical (unpaired) electrons. The molecule has 2 aliphatic rings. The average molecular weight is 500 g/mol. The van der Waals surface area contributed by atoms with Gasteiger partial charge < -0.3 is 9.88 Å². The largest absolute Gasteiger partial charge is 0.417 e. The van der Waals surface area contributed by atoms with Gasteiger partial charge in [-0.25, -0.2) is 13.4 Å². The van der Waals surface area contributed by atoms with E-state index in [1.807, 2.05) is 0 Å². The van der Waals surface area contributed by atoms with Gasteiger partial charge in [0.25, 0.3) is 5.56 Å². The van der Waals surface area contributed by atoms with Gasteiger partial charge in [-0.3, -0.25) is 4.79 Å². The first-order chi connectivity index (χ1) is 15.6. The molecule has 7 nitrogen and oxygen atoms in total. The molecule has 3 heterocycles. The summed E-state index contributed by atoms with van der Waals surface area (Å²) in [7, 11) is -4.28. The zero-order valence-electron chi connectivity index (χ0n) is 17.5. The fourth-order valence-electron chi connectivity index (χ4n) is 4.65. The molecule has 1 aliphatic carbocycles. The van der Waals surface area contributed by atoms with Crippen molar-refractivity contribution in [3.05, 3.63) is 56.4 Å². The van der Waals surface area contributed by atoms with Crippen LogP contribution in [0, 0.1) is 0 Å². The highest BCUT2D eigenvalue weighted by Crippen LogP contribution is 2.35. The topological polar surface area (TPSA) is 87.6 Å². The van der Waals surface area contributed by atoms with Crippen LogP contribution < -0.4 is 10.5 Å². The Labute approximate surface area is 191 Å². The van der Waals surface area contributed by atoms with Gasteiger partial charge in [-0.1, -0.05) is 12.1 Å². The molecule has 1 saturated heterocycles. The van der Waals surface area contributed by atoms with Crippen LogP contribution in [0.3, 0.4) is 0 Å². The van der Waals surface area contributed by atoms with Gasteiger partial charge in [-0.05, 0) is 37.0 Å². The molecule has 3 aromatic rings. The zero-order chi connectivity index (χ0) is 23.4. The predicted octanol–water partition coefficient (Wildman–Crippen LogP) is 1.58. The lowest BCUT2D eigenvalue weighted by atomic mass is 10.2. The van der Waals surface area contributed by atoms with Crippen molar-refractivity contribution in [2.75, 3.05) is 26.2 Å². The van der Waals surface area contributed by atoms with E-state index < -0.39 is 26.7 Å². The van der Waals surface area contributed by atoms with E-state index in [-0.39, 0.29) is 18.6 Å². The number of fused-ring (bicyclic) bond motifs is 3. The summed E-state index contributed by atoms with van der Waals surface area (Å²) in [6, 6.07) is 4.26. The first kappa shape index (κ1) is 22.5. The number of piperazine rings is 1. The van der Waals surface area contributed by atoms with Gasteiger partial charge in [0.1, 0.15) is 11.4 Å². The molecular weight excluding hydrogens is 477 g/mol. The van der Waals surface area contributed by atoms with Crippen LogP contribution >= 0.6 is 11.3 Å². The molecule has 1 aliphatic heterocycles. The highest BCUT2D eigenvalue weighted by Gasteiger charge is 2.40. The Balaban J connectivity index is 1.31. The number of sulfonamides is 1. The van der Waals surface area contributed by atoms with Crippen molar-refractivity contribution in [2.24, 2.45) is 0 Å². The van der Waals surface area contributed by atoms with Crippen molar-refractivity contribution < 1.29 is 26.5 Å². The summed E-state index contributed by atoms with van der Waals surface area (Å²) in [5.74, 6) is 0.543. The first-order valence-electron chi connectivity index (χ1n) is 10.7. The normalized spacial score (nSPS) is 18.2. The number of nitrogens with one attached hydrogen (secondary N) is 2. The molecule has 0 spiro atoms. The Morgan fingerprint density at radius 1 is 1.15 bits per heavy atom. The highest BCUT2D eigenvalue weighted by molar-refractivity contribution is 7.89. The molecule has 0 unspecified atom stereocenters. The van der Waals surface area contributed by atoms with Crippen LogP contribution in [-0.4, -0.2) is 48.9 Å². The van der Waals surface area contributed by atoms with Crippen LogP contribution in [0.15, 0.2) is 34.0 Å². The highest BCUT2D eigenvalue weighted by atomic mass is 32.2. The molecule has 0 atom stereocenters. The molecule has 1 aromatic carbocycles. The second-order valence-corrected chi connectivity index (χ2v) is 11.4. The second-order valence-electron chi connectivity index (χ2n) is 8.37. The third-order valence-electron chi connectivity index (χ3n) is 6.28. The number of H-pyrrole nitrogens is 1. The van der Waals surface area contributed by atoms with Crippen LogP contribution in [0.25, 0.3) is 10.2 Å². The number of hydrogen-bond acceptors (Lipinski definition) is 5. The number of quaternary nitrogens is 1. The third kappa shape index (κ3) is 4.09. The number of aryl methyl sites for hydroxylation is 2. The zero-order valence-corrected chi connectivity index (χ0v) is 19.2. The van der Waals surface area contributed by atoms with Gasteiger partial charge in [-0.15, -0.1) is 11.3 Å². The monoisotopic (exact) mass is 499 g/mol. The maximum Gasteiger partial charge on any atom is 0.417 e. The summed E-state index contributed by atoms with van der Waals surface area (Å²) in [4.78, 5) is 22.4. The minimum absolute atomic E-state index is 0.0869. The third-order valence-corrected chi connectivity index (χ3v) is 9.42. The predicted molar refractivity (Wildman–Crippen MR) is 117 cm³/mol. The van der Waals surface area contributed by atoms with Crippen LogP contribution in [-0.2, 0) is 35.6 Å². The number of aromatic nitrogens is 2. The van der Waals surface area contributed by atoms with Gasteiger partial charge in [-0.2, -0.15) is 17.5 Å². The van der Waals surface area contributed by atoms with Crippen molar-refractivity contribution >= 4 is 31.6 Å². The van der Waals surface area contributed by atoms with E-state index in [1.54, 1.807) is 11.3 Å². The Kier molecular flexibility index (Phi) is 5.58. The molecule has 176 valence electrons. The van der Waals surface area contributed by atoms with Crippen LogP contribution in [0.4, 0.5) is 13.2 Å². The molecule has 0 saturated carbocycles. The van der Waals surface area contributed by atoms with E-state index in [9.17, 15) is 26.4 Å². The minimum atomic E-state index is -4.76. The SMILES string of the molecule is O=c1[nH]c(C[NH+]2CCN(S(=O)(=O)c3ccccc3C(F)(F)F)CC2)nc2sc3c(c12)CCC3. The summed E-state index contributed by atoms with van der Waals surface area (Å²) in [5.41, 5.74) is -0.183. The number of halogens is 3. The lowest BCUT2D eigenvalue weighted by molar-refractivity contribution is -0.917. The molecule has 0 bridgehead atoms. The molecule has 0 amide bonds. The average Bonchev–Trinajstić information content (AvgIpc) is 3.34. The lowest BCUT2D eigenvalue weighted by Gasteiger charge is -2.31. The number of nitrogens with zero attached hydrogens (tertiary/aromatic N) is 2. The van der Waals surface area contributed by atoms with E-state index in [1.165, 1.54) is 17.0 Å². The molecule has 33 heavy (non-hydrogen) atoms. The van der Waals surface area contributed by atoms with Crippen molar-refractivity contribution in [3.63, 3.8) is 0 Å². The standard InChI is InChI=1S/C21H21F3N4O3S2/c22-21(23,24)14-5-1-2-7-16(14)33(30,31)28-10-8-27(9-11-28)12-17-25-19(29)18-13-4-3-6-15(13)32-20(18)26-17/h1-2,5,7H,3-4,6,8-12H2,(H,25,26,29)/p+1. The molecule has 5 rings (SSSR count). The van der Waals surface area contributed by atoms with E-state index in [0.29, 0.717) is 30.8 Å². The quantitative estimate of drug-likeness (QED) is 0.571. The number of thiophene rings is 1. The number of aromatic amines is 1. The van der Waals surface area contributed by atoms with Crippen molar-refractivity contribution in [1.82, 2.24) is 14.3 Å². The van der Waals surface area contributed by atoms with E-state index in [0.717, 1.165) is 51.0 Å². The number of alkyl halides is 3. The van der Waals surface area contributed by atoms with Crippen molar-refractivity contribution in [3.8, 4) is 0 Å². The molecule has 12 heteroatoms. The fraction of sp³-hybridized carbons (Fsp3) is 0.429. The van der Waals surface area contributed by atoms with Gasteiger partial charge in [0, 0.05) is 4.88 Å². The molecule has 1 fully saturated rings. The summed E-state index contributed by atoms with van der Waals surface area (Å²) in [5, 5.41) is 0.686. The van der Waals surface area contributed by atoms with Crippen LogP contribution in [0.1, 0.15) is 28.2 Å². The summed E-state index contributed by atoms with van der Waals surface area (Å²) in [6.07, 6.45) is -1.82. The van der Waals surface area contributed by atoms with Crippen molar-refractivity contribution in [1.29, 1.82) is 0 Å². The first-order valence-corrected chi connectivity index (χ1v) is 12.9. The molecule has 2 aromatic heterocycles. The van der Waals surface area contributed by atoms with Crippen LogP contribution in [0.2, 0.25) is 0 Å². The van der Waals surface area contributed by atoms with Gasteiger partial charge in [0.15, 0.2) is 5.82 Å². The second kappa shape index (κ2) is 8.19. The maximum absolute atomic E-state index is 13.3. The van der Waals surface area contributed by atoms with Gasteiger partial charge in [0.2, 0.25) is 10.0 Å². The van der Waals surface area contributed by atoms with Gasteiger partial charge >= 0.3 is 6.18 Å². The molecular formula is C21H22F3N4O3S2+. The van der Waals surface area contributed by atoms with E-state index in [4.69, 9.17) is 0 Å². The summed E-state index contributed by atoms with van der Waals surface area (Å²) >= 11 is 1.56.